The molecule has 23 heavy (non-hydrogen) atoms. The number of benzene rings is 2. The van der Waals surface area contributed by atoms with E-state index < -0.39 is 0 Å². The van der Waals surface area contributed by atoms with E-state index >= 15 is 0 Å². The van der Waals surface area contributed by atoms with Gasteiger partial charge in [0.05, 0.1) is 30.7 Å². The molecule has 116 valence electrons. The van der Waals surface area contributed by atoms with Crippen molar-refractivity contribution in [2.75, 3.05) is 7.11 Å². The maximum atomic E-state index is 12.1. The molecule has 7 nitrogen and oxygen atoms in total. The van der Waals surface area contributed by atoms with Crippen molar-refractivity contribution < 1.29 is 14.6 Å². The third-order valence-electron chi connectivity index (χ3n) is 3.30. The monoisotopic (exact) mass is 310 g/mol. The van der Waals surface area contributed by atoms with Gasteiger partial charge >= 0.3 is 0 Å². The van der Waals surface area contributed by atoms with E-state index in [0.717, 1.165) is 11.0 Å². The van der Waals surface area contributed by atoms with Gasteiger partial charge in [-0.25, -0.2) is 10.4 Å². The van der Waals surface area contributed by atoms with Gasteiger partial charge in [0.2, 0.25) is 0 Å². The number of carbonyl (C=O) groups excluding carboxylic acids is 1. The smallest absolute Gasteiger partial charge is 0.271 e. The summed E-state index contributed by atoms with van der Waals surface area (Å²) in [5, 5.41) is 13.8. The number of phenols is 1. The summed E-state index contributed by atoms with van der Waals surface area (Å²) in [7, 11) is 1.46. The Hall–Kier alpha value is -3.35. The molecule has 0 fully saturated rings. The molecule has 1 heterocycles. The molecule has 0 atom stereocenters. The molecule has 0 aliphatic carbocycles. The van der Waals surface area contributed by atoms with Crippen LogP contribution in [0.3, 0.4) is 0 Å². The number of H-pyrrole nitrogens is 1. The minimum Gasteiger partial charge on any atom is -0.504 e. The average Bonchev–Trinajstić information content (AvgIpc) is 3.04. The number of nitrogens with one attached hydrogen (secondary N) is 2. The van der Waals surface area contributed by atoms with Gasteiger partial charge in [0, 0.05) is 11.1 Å². The minimum atomic E-state index is -0.361. The number of ether oxygens (including phenoxy) is 1. The summed E-state index contributed by atoms with van der Waals surface area (Å²) in [5.74, 6) is -0.0583. The molecule has 1 aromatic heterocycles. The van der Waals surface area contributed by atoms with Crippen LogP contribution in [0.1, 0.15) is 15.9 Å². The van der Waals surface area contributed by atoms with Crippen molar-refractivity contribution in [3.63, 3.8) is 0 Å². The highest BCUT2D eigenvalue weighted by Gasteiger charge is 2.07. The summed E-state index contributed by atoms with van der Waals surface area (Å²) in [6.45, 7) is 0. The standard InChI is InChI=1S/C16H14N4O3/c1-23-14-4-2-3-11(15(14)21)8-19-20-16(22)10-5-6-12-13(7-10)18-9-17-12/h2-9,21H,1H3,(H,17,18)(H,20,22)/b19-8-. The molecule has 0 bridgehead atoms. The van der Waals surface area contributed by atoms with Gasteiger partial charge in [-0.15, -0.1) is 0 Å². The Morgan fingerprint density at radius 3 is 3.09 bits per heavy atom. The van der Waals surface area contributed by atoms with Gasteiger partial charge in [0.15, 0.2) is 11.5 Å². The summed E-state index contributed by atoms with van der Waals surface area (Å²) in [4.78, 5) is 19.1. The first kappa shape index (κ1) is 14.6. The van der Waals surface area contributed by atoms with E-state index in [0.29, 0.717) is 16.9 Å². The lowest BCUT2D eigenvalue weighted by molar-refractivity contribution is 0.0955. The van der Waals surface area contributed by atoms with Gasteiger partial charge in [-0.3, -0.25) is 4.79 Å². The Kier molecular flexibility index (Phi) is 3.92. The van der Waals surface area contributed by atoms with Crippen LogP contribution < -0.4 is 10.2 Å². The maximum absolute atomic E-state index is 12.1. The third-order valence-corrected chi connectivity index (χ3v) is 3.30. The summed E-state index contributed by atoms with van der Waals surface area (Å²) >= 11 is 0. The highest BCUT2D eigenvalue weighted by molar-refractivity contribution is 5.97. The molecule has 2 aromatic carbocycles. The molecule has 0 aliphatic heterocycles. The molecule has 0 saturated heterocycles. The van der Waals surface area contributed by atoms with Crippen LogP contribution in [-0.2, 0) is 0 Å². The van der Waals surface area contributed by atoms with Crippen LogP contribution in [0.4, 0.5) is 0 Å². The number of aromatic hydroxyl groups is 1. The van der Waals surface area contributed by atoms with Crippen molar-refractivity contribution >= 4 is 23.2 Å². The van der Waals surface area contributed by atoms with Gasteiger partial charge in [0.1, 0.15) is 0 Å². The molecular formula is C16H14N4O3. The number of rotatable bonds is 4. The first-order chi connectivity index (χ1) is 11.2. The van der Waals surface area contributed by atoms with Crippen LogP contribution in [0, 0.1) is 0 Å². The molecule has 3 rings (SSSR count). The van der Waals surface area contributed by atoms with E-state index in [2.05, 4.69) is 20.5 Å². The fourth-order valence-electron chi connectivity index (χ4n) is 2.11. The van der Waals surface area contributed by atoms with Crippen molar-refractivity contribution in [2.24, 2.45) is 5.10 Å². The first-order valence-electron chi connectivity index (χ1n) is 6.81. The number of hydrogen-bond donors (Lipinski definition) is 3. The molecule has 3 aromatic rings. The Morgan fingerprint density at radius 1 is 1.39 bits per heavy atom. The number of hydrogen-bond acceptors (Lipinski definition) is 5. The summed E-state index contributed by atoms with van der Waals surface area (Å²) in [6, 6.07) is 10.1. The van der Waals surface area contributed by atoms with Crippen molar-refractivity contribution in [1.82, 2.24) is 15.4 Å². The van der Waals surface area contributed by atoms with Gasteiger partial charge in [0.25, 0.3) is 5.91 Å². The zero-order valence-electron chi connectivity index (χ0n) is 12.3. The summed E-state index contributed by atoms with van der Waals surface area (Å²) < 4.78 is 5.01. The normalized spacial score (nSPS) is 11.0. The van der Waals surface area contributed by atoms with Gasteiger partial charge in [-0.05, 0) is 30.3 Å². The van der Waals surface area contributed by atoms with Crippen LogP contribution >= 0.6 is 0 Å². The topological polar surface area (TPSA) is 99.6 Å². The lowest BCUT2D eigenvalue weighted by atomic mass is 10.2. The van der Waals surface area contributed by atoms with Crippen LogP contribution in [-0.4, -0.2) is 34.3 Å². The predicted octanol–water partition coefficient (Wildman–Crippen LogP) is 2.04. The molecule has 3 N–H and O–H groups in total. The number of amides is 1. The largest absolute Gasteiger partial charge is 0.504 e. The maximum Gasteiger partial charge on any atom is 0.271 e. The van der Waals surface area contributed by atoms with Crippen molar-refractivity contribution in [2.45, 2.75) is 0 Å². The third kappa shape index (κ3) is 2.98. The second-order valence-corrected chi connectivity index (χ2v) is 4.73. The number of hydrazone groups is 1. The lowest BCUT2D eigenvalue weighted by Crippen LogP contribution is -2.17. The average molecular weight is 310 g/mol. The SMILES string of the molecule is COc1cccc(/C=N\NC(=O)c2ccc3nc[nH]c3c2)c1O. The summed E-state index contributed by atoms with van der Waals surface area (Å²) in [6.07, 6.45) is 2.92. The van der Waals surface area contributed by atoms with Gasteiger partial charge in [-0.1, -0.05) is 6.07 Å². The van der Waals surface area contributed by atoms with Crippen LogP contribution in [0.2, 0.25) is 0 Å². The molecule has 0 saturated carbocycles. The minimum absolute atomic E-state index is 0.0353. The van der Waals surface area contributed by atoms with E-state index in [9.17, 15) is 9.90 Å². The molecule has 0 aliphatic rings. The number of fused-ring (bicyclic) bond motifs is 1. The molecule has 0 spiro atoms. The highest BCUT2D eigenvalue weighted by atomic mass is 16.5. The quantitative estimate of drug-likeness (QED) is 0.507. The number of imidazole rings is 1. The van der Waals surface area contributed by atoms with Gasteiger partial charge < -0.3 is 14.8 Å². The zero-order valence-corrected chi connectivity index (χ0v) is 12.3. The van der Waals surface area contributed by atoms with Crippen LogP contribution in [0.15, 0.2) is 47.8 Å². The van der Waals surface area contributed by atoms with Crippen molar-refractivity contribution in [1.29, 1.82) is 0 Å². The number of methoxy groups -OCH3 is 1. The molecule has 7 heteroatoms. The Bertz CT molecular complexity index is 886. The Morgan fingerprint density at radius 2 is 2.26 bits per heavy atom. The van der Waals surface area contributed by atoms with Crippen LogP contribution in [0.5, 0.6) is 11.5 Å². The number of nitrogens with zero attached hydrogens (tertiary/aromatic N) is 2. The lowest BCUT2D eigenvalue weighted by Gasteiger charge is -2.05. The summed E-state index contributed by atoms with van der Waals surface area (Å²) in [5.41, 5.74) is 4.86. The second-order valence-electron chi connectivity index (χ2n) is 4.73. The second kappa shape index (κ2) is 6.18. The highest BCUT2D eigenvalue weighted by Crippen LogP contribution is 2.27. The number of para-hydroxylation sites is 1. The molecular weight excluding hydrogens is 296 g/mol. The van der Waals surface area contributed by atoms with E-state index in [4.69, 9.17) is 4.74 Å². The molecule has 1 amide bonds. The number of aromatic nitrogens is 2. The van der Waals surface area contributed by atoms with E-state index in [1.54, 1.807) is 42.7 Å². The van der Waals surface area contributed by atoms with Crippen LogP contribution in [0.25, 0.3) is 11.0 Å². The number of carbonyl (C=O) groups is 1. The van der Waals surface area contributed by atoms with E-state index in [-0.39, 0.29) is 11.7 Å². The van der Waals surface area contributed by atoms with Gasteiger partial charge in [-0.2, -0.15) is 5.10 Å². The Balaban J connectivity index is 1.73. The zero-order chi connectivity index (χ0) is 16.2. The Labute approximate surface area is 131 Å². The van der Waals surface area contributed by atoms with Crippen molar-refractivity contribution in [3.8, 4) is 11.5 Å². The first-order valence-corrected chi connectivity index (χ1v) is 6.81. The van der Waals surface area contributed by atoms with Crippen molar-refractivity contribution in [3.05, 3.63) is 53.9 Å². The fraction of sp³-hybridized carbons (Fsp3) is 0.0625. The molecule has 0 unspecified atom stereocenters. The number of phenolic OH excluding ortho intramolecular Hbond substituents is 1. The molecule has 0 radical (unpaired) electrons. The van der Waals surface area contributed by atoms with E-state index in [1.807, 2.05) is 0 Å². The fourth-order valence-corrected chi connectivity index (χ4v) is 2.11. The number of aromatic amines is 1. The van der Waals surface area contributed by atoms with E-state index in [1.165, 1.54) is 13.3 Å². The predicted molar refractivity (Wildman–Crippen MR) is 85.8 cm³/mol.